The molecule has 2 atom stereocenters. The zero-order chi connectivity index (χ0) is 14.3. The molecule has 19 heavy (non-hydrogen) atoms. The number of hydrogen-bond donors (Lipinski definition) is 4. The van der Waals surface area contributed by atoms with Crippen LogP contribution in [-0.4, -0.2) is 41.5 Å². The lowest BCUT2D eigenvalue weighted by molar-refractivity contribution is -0.143. The minimum absolute atomic E-state index is 0.250. The molecule has 1 aliphatic heterocycles. The highest BCUT2D eigenvalue weighted by molar-refractivity contribution is 5.88. The molecule has 0 aliphatic carbocycles. The monoisotopic (exact) mass is 271 g/mol. The van der Waals surface area contributed by atoms with Crippen molar-refractivity contribution in [2.75, 3.05) is 6.54 Å². The number of carboxylic acid groups (broad SMARTS) is 1. The van der Waals surface area contributed by atoms with Crippen molar-refractivity contribution in [3.63, 3.8) is 0 Å². The van der Waals surface area contributed by atoms with Gasteiger partial charge in [-0.1, -0.05) is 6.42 Å². The molecule has 0 aromatic carbocycles. The van der Waals surface area contributed by atoms with E-state index in [4.69, 9.17) is 10.8 Å². The molecule has 1 heterocycles. The molecule has 5 N–H and O–H groups in total. The van der Waals surface area contributed by atoms with Crippen LogP contribution in [0.1, 0.15) is 38.5 Å². The maximum atomic E-state index is 11.6. The van der Waals surface area contributed by atoms with Gasteiger partial charge in [-0.2, -0.15) is 0 Å². The van der Waals surface area contributed by atoms with Crippen LogP contribution in [0.3, 0.4) is 0 Å². The summed E-state index contributed by atoms with van der Waals surface area (Å²) in [7, 11) is 0. The molecule has 0 saturated carbocycles. The fraction of sp³-hybridized carbons (Fsp3) is 0.750. The van der Waals surface area contributed by atoms with E-state index in [-0.39, 0.29) is 18.7 Å². The number of nitrogens with one attached hydrogen (secondary N) is 2. The van der Waals surface area contributed by atoms with E-state index in [1.54, 1.807) is 0 Å². The third-order valence-electron chi connectivity index (χ3n) is 3.17. The molecule has 1 rings (SSSR count). The number of carbonyl (C=O) groups is 3. The normalized spacial score (nSPS) is 20.5. The summed E-state index contributed by atoms with van der Waals surface area (Å²) >= 11 is 0. The summed E-state index contributed by atoms with van der Waals surface area (Å²) in [5.74, 6) is -2.36. The van der Waals surface area contributed by atoms with Crippen molar-refractivity contribution in [1.29, 1.82) is 0 Å². The van der Waals surface area contributed by atoms with Crippen LogP contribution in [0.15, 0.2) is 0 Å². The van der Waals surface area contributed by atoms with Crippen LogP contribution in [0.2, 0.25) is 0 Å². The van der Waals surface area contributed by atoms with Crippen LogP contribution < -0.4 is 16.4 Å². The Morgan fingerprint density at radius 3 is 2.63 bits per heavy atom. The molecular weight excluding hydrogens is 250 g/mol. The number of piperidine rings is 1. The predicted octanol–water partition coefficient (Wildman–Crippen LogP) is -0.646. The van der Waals surface area contributed by atoms with Gasteiger partial charge in [0.1, 0.15) is 6.04 Å². The number of carboxylic acids is 1. The summed E-state index contributed by atoms with van der Waals surface area (Å²) in [6.07, 6.45) is 3.88. The molecule has 0 bridgehead atoms. The summed E-state index contributed by atoms with van der Waals surface area (Å²) in [5, 5.41) is 14.5. The minimum atomic E-state index is -1.25. The van der Waals surface area contributed by atoms with Gasteiger partial charge in [-0.25, -0.2) is 4.79 Å². The number of rotatable bonds is 7. The maximum absolute atomic E-state index is 11.6. The number of hydrogen-bond acceptors (Lipinski definition) is 4. The lowest BCUT2D eigenvalue weighted by atomic mass is 10.0. The highest BCUT2D eigenvalue weighted by Gasteiger charge is 2.22. The molecule has 7 heteroatoms. The maximum Gasteiger partial charge on any atom is 0.326 e. The molecule has 1 aliphatic rings. The zero-order valence-corrected chi connectivity index (χ0v) is 10.9. The van der Waals surface area contributed by atoms with Gasteiger partial charge >= 0.3 is 5.97 Å². The second-order valence-electron chi connectivity index (χ2n) is 4.81. The smallest absolute Gasteiger partial charge is 0.326 e. The van der Waals surface area contributed by atoms with E-state index in [2.05, 4.69) is 10.6 Å². The van der Waals surface area contributed by atoms with Crippen molar-refractivity contribution >= 4 is 17.8 Å². The van der Waals surface area contributed by atoms with Gasteiger partial charge in [0.05, 0.1) is 6.42 Å². The van der Waals surface area contributed by atoms with Crippen molar-refractivity contribution in [1.82, 2.24) is 10.6 Å². The summed E-state index contributed by atoms with van der Waals surface area (Å²) in [6, 6.07) is -0.914. The van der Waals surface area contributed by atoms with E-state index in [9.17, 15) is 14.4 Å². The molecular formula is C12H21N3O4. The van der Waals surface area contributed by atoms with Crippen LogP contribution in [0, 0.1) is 0 Å². The van der Waals surface area contributed by atoms with Gasteiger partial charge in [-0.05, 0) is 25.8 Å². The highest BCUT2D eigenvalue weighted by Crippen LogP contribution is 2.11. The van der Waals surface area contributed by atoms with Gasteiger partial charge in [-0.15, -0.1) is 0 Å². The first-order valence-electron chi connectivity index (χ1n) is 6.53. The van der Waals surface area contributed by atoms with E-state index in [1.165, 1.54) is 0 Å². The molecule has 0 aromatic rings. The highest BCUT2D eigenvalue weighted by atomic mass is 16.4. The molecule has 0 aromatic heterocycles. The molecule has 2 amide bonds. The largest absolute Gasteiger partial charge is 0.480 e. The third kappa shape index (κ3) is 6.19. The summed E-state index contributed by atoms with van der Waals surface area (Å²) in [5.41, 5.74) is 4.93. The SMILES string of the molecule is NC(=O)CC(NC(=O)CCC1CCCCN1)C(=O)O. The Morgan fingerprint density at radius 2 is 2.11 bits per heavy atom. The molecule has 0 spiro atoms. The van der Waals surface area contributed by atoms with Crippen LogP contribution >= 0.6 is 0 Å². The fourth-order valence-corrected chi connectivity index (χ4v) is 2.14. The lowest BCUT2D eigenvalue weighted by Crippen LogP contribution is -2.44. The first kappa shape index (κ1) is 15.4. The van der Waals surface area contributed by atoms with Crippen molar-refractivity contribution in [2.45, 2.75) is 50.6 Å². The summed E-state index contributed by atoms with van der Waals surface area (Å²) < 4.78 is 0. The Hall–Kier alpha value is -1.63. The van der Waals surface area contributed by atoms with Crippen molar-refractivity contribution in [3.8, 4) is 0 Å². The van der Waals surface area contributed by atoms with Gasteiger partial charge in [0, 0.05) is 12.5 Å². The standard InChI is InChI=1S/C12H21N3O4/c13-10(16)7-9(12(18)19)15-11(17)5-4-8-3-1-2-6-14-8/h8-9,14H,1-7H2,(H2,13,16)(H,15,17)(H,18,19). The average Bonchev–Trinajstić information content (AvgIpc) is 2.36. The van der Waals surface area contributed by atoms with Gasteiger partial charge < -0.3 is 21.5 Å². The Labute approximate surface area is 111 Å². The molecule has 1 saturated heterocycles. The van der Waals surface area contributed by atoms with E-state index >= 15 is 0 Å². The first-order valence-corrected chi connectivity index (χ1v) is 6.53. The Balaban J connectivity index is 2.31. The number of carbonyl (C=O) groups excluding carboxylic acids is 2. The number of primary amides is 1. The van der Waals surface area contributed by atoms with E-state index in [1.807, 2.05) is 0 Å². The van der Waals surface area contributed by atoms with Crippen molar-refractivity contribution < 1.29 is 19.5 Å². The fourth-order valence-electron chi connectivity index (χ4n) is 2.14. The van der Waals surface area contributed by atoms with Gasteiger partial charge in [-0.3, -0.25) is 9.59 Å². The summed E-state index contributed by atoms with van der Waals surface area (Å²) in [4.78, 5) is 33.2. The first-order chi connectivity index (χ1) is 8.99. The van der Waals surface area contributed by atoms with Crippen LogP contribution in [0.25, 0.3) is 0 Å². The molecule has 7 nitrogen and oxygen atoms in total. The molecule has 0 radical (unpaired) electrons. The van der Waals surface area contributed by atoms with Crippen LogP contribution in [0.4, 0.5) is 0 Å². The number of amides is 2. The molecule has 108 valence electrons. The quantitative estimate of drug-likeness (QED) is 0.490. The second-order valence-corrected chi connectivity index (χ2v) is 4.81. The van der Waals surface area contributed by atoms with Gasteiger partial charge in [0.25, 0.3) is 0 Å². The number of aliphatic carboxylic acids is 1. The van der Waals surface area contributed by atoms with Crippen LogP contribution in [-0.2, 0) is 14.4 Å². The molecule has 2 unspecified atom stereocenters. The number of nitrogens with two attached hydrogens (primary N) is 1. The zero-order valence-electron chi connectivity index (χ0n) is 10.9. The van der Waals surface area contributed by atoms with E-state index in [0.717, 1.165) is 25.8 Å². The molecule has 1 fully saturated rings. The van der Waals surface area contributed by atoms with Crippen molar-refractivity contribution in [3.05, 3.63) is 0 Å². The van der Waals surface area contributed by atoms with Gasteiger partial charge in [0.2, 0.25) is 11.8 Å². The Bertz CT molecular complexity index is 340. The predicted molar refractivity (Wildman–Crippen MR) is 68.3 cm³/mol. The Morgan fingerprint density at radius 1 is 1.37 bits per heavy atom. The summed E-state index contributed by atoms with van der Waals surface area (Å²) in [6.45, 7) is 0.964. The average molecular weight is 271 g/mol. The minimum Gasteiger partial charge on any atom is -0.480 e. The topological polar surface area (TPSA) is 122 Å². The lowest BCUT2D eigenvalue weighted by Gasteiger charge is -2.23. The van der Waals surface area contributed by atoms with Crippen molar-refractivity contribution in [2.24, 2.45) is 5.73 Å². The Kier molecular flexibility index (Phi) is 6.27. The van der Waals surface area contributed by atoms with E-state index in [0.29, 0.717) is 12.5 Å². The van der Waals surface area contributed by atoms with Gasteiger partial charge in [0.15, 0.2) is 0 Å². The van der Waals surface area contributed by atoms with Crippen LogP contribution in [0.5, 0.6) is 0 Å². The van der Waals surface area contributed by atoms with E-state index < -0.39 is 17.9 Å². The third-order valence-corrected chi connectivity index (χ3v) is 3.17. The second kappa shape index (κ2) is 7.73.